The van der Waals surface area contributed by atoms with Gasteiger partial charge in [-0.05, 0) is 26.0 Å². The van der Waals surface area contributed by atoms with E-state index in [4.69, 9.17) is 10.5 Å². The van der Waals surface area contributed by atoms with Gasteiger partial charge in [-0.3, -0.25) is 4.72 Å². The quantitative estimate of drug-likeness (QED) is 0.802. The summed E-state index contributed by atoms with van der Waals surface area (Å²) in [5, 5.41) is -0.495. The summed E-state index contributed by atoms with van der Waals surface area (Å²) in [5.74, 6) is 0.488. The lowest BCUT2D eigenvalue weighted by Gasteiger charge is -2.14. The van der Waals surface area contributed by atoms with E-state index >= 15 is 0 Å². The molecule has 17 heavy (non-hydrogen) atoms. The van der Waals surface area contributed by atoms with Crippen molar-refractivity contribution in [2.24, 2.45) is 5.73 Å². The molecule has 0 aromatic heterocycles. The van der Waals surface area contributed by atoms with E-state index in [0.29, 0.717) is 24.6 Å². The van der Waals surface area contributed by atoms with Crippen molar-refractivity contribution in [2.45, 2.75) is 19.1 Å². The van der Waals surface area contributed by atoms with Crippen LogP contribution >= 0.6 is 0 Å². The fraction of sp³-hybridized carbons (Fsp3) is 0.455. The molecule has 0 aliphatic heterocycles. The number of hydrogen-bond donors (Lipinski definition) is 2. The van der Waals surface area contributed by atoms with Crippen molar-refractivity contribution in [2.75, 3.05) is 17.9 Å². The molecule has 0 spiro atoms. The minimum Gasteiger partial charge on any atom is -0.490 e. The average molecular weight is 258 g/mol. The van der Waals surface area contributed by atoms with Gasteiger partial charge in [0.2, 0.25) is 10.0 Å². The number of ether oxygens (including phenoxy) is 1. The Hall–Kier alpha value is -1.27. The maximum atomic E-state index is 11.7. The SMILES string of the molecule is CC(C)S(=O)(=O)Nc1ccccc1OCCN. The van der Waals surface area contributed by atoms with Crippen molar-refractivity contribution in [1.29, 1.82) is 0 Å². The number of nitrogens with two attached hydrogens (primary N) is 1. The van der Waals surface area contributed by atoms with Gasteiger partial charge >= 0.3 is 0 Å². The summed E-state index contributed by atoms with van der Waals surface area (Å²) in [4.78, 5) is 0. The Morgan fingerprint density at radius 3 is 2.59 bits per heavy atom. The third-order valence-electron chi connectivity index (χ3n) is 2.14. The van der Waals surface area contributed by atoms with Crippen molar-refractivity contribution < 1.29 is 13.2 Å². The lowest BCUT2D eigenvalue weighted by Crippen LogP contribution is -2.23. The second-order valence-corrected chi connectivity index (χ2v) is 6.07. The molecule has 0 fully saturated rings. The van der Waals surface area contributed by atoms with Crippen LogP contribution in [0.3, 0.4) is 0 Å². The smallest absolute Gasteiger partial charge is 0.235 e. The normalized spacial score (nSPS) is 11.5. The molecule has 1 aromatic rings. The van der Waals surface area contributed by atoms with Gasteiger partial charge in [-0.25, -0.2) is 8.42 Å². The summed E-state index contributed by atoms with van der Waals surface area (Å²) < 4.78 is 31.3. The fourth-order valence-electron chi connectivity index (χ4n) is 1.12. The molecule has 0 radical (unpaired) electrons. The Labute approximate surface area is 102 Å². The van der Waals surface area contributed by atoms with Crippen molar-refractivity contribution in [3.63, 3.8) is 0 Å². The number of para-hydroxylation sites is 2. The van der Waals surface area contributed by atoms with E-state index < -0.39 is 15.3 Å². The van der Waals surface area contributed by atoms with Crippen LogP contribution < -0.4 is 15.2 Å². The van der Waals surface area contributed by atoms with Gasteiger partial charge in [0.05, 0.1) is 10.9 Å². The molecule has 0 unspecified atom stereocenters. The predicted octanol–water partition coefficient (Wildman–Crippen LogP) is 1.17. The number of anilines is 1. The molecule has 5 nitrogen and oxygen atoms in total. The van der Waals surface area contributed by atoms with E-state index in [2.05, 4.69) is 4.72 Å². The maximum Gasteiger partial charge on any atom is 0.235 e. The van der Waals surface area contributed by atoms with Crippen LogP contribution in [0.4, 0.5) is 5.69 Å². The summed E-state index contributed by atoms with van der Waals surface area (Å²) >= 11 is 0. The van der Waals surface area contributed by atoms with Gasteiger partial charge in [-0.1, -0.05) is 12.1 Å². The first-order valence-corrected chi connectivity index (χ1v) is 6.95. The molecular formula is C11H18N2O3S. The van der Waals surface area contributed by atoms with Gasteiger partial charge in [-0.15, -0.1) is 0 Å². The molecule has 0 atom stereocenters. The largest absolute Gasteiger partial charge is 0.490 e. The highest BCUT2D eigenvalue weighted by atomic mass is 32.2. The van der Waals surface area contributed by atoms with E-state index in [1.165, 1.54) is 0 Å². The number of hydrogen-bond acceptors (Lipinski definition) is 4. The van der Waals surface area contributed by atoms with E-state index in [1.807, 2.05) is 0 Å². The van der Waals surface area contributed by atoms with Gasteiger partial charge in [0.25, 0.3) is 0 Å². The summed E-state index contributed by atoms with van der Waals surface area (Å²) in [6.45, 7) is 3.96. The molecule has 0 heterocycles. The Morgan fingerprint density at radius 1 is 1.35 bits per heavy atom. The molecule has 0 saturated carbocycles. The molecule has 1 aromatic carbocycles. The molecule has 0 amide bonds. The van der Waals surface area contributed by atoms with Gasteiger partial charge in [0.1, 0.15) is 12.4 Å². The Kier molecular flexibility index (Phi) is 4.77. The van der Waals surface area contributed by atoms with E-state index in [1.54, 1.807) is 38.1 Å². The molecule has 0 saturated heterocycles. The topological polar surface area (TPSA) is 81.4 Å². The van der Waals surface area contributed by atoms with Crippen molar-refractivity contribution in [3.05, 3.63) is 24.3 Å². The average Bonchev–Trinajstić information content (AvgIpc) is 2.27. The monoisotopic (exact) mass is 258 g/mol. The lowest BCUT2D eigenvalue weighted by atomic mass is 10.3. The number of rotatable bonds is 6. The molecule has 0 bridgehead atoms. The Bertz CT molecular complexity index is 458. The van der Waals surface area contributed by atoms with Crippen molar-refractivity contribution in [3.8, 4) is 5.75 Å². The van der Waals surface area contributed by atoms with Crippen molar-refractivity contribution >= 4 is 15.7 Å². The lowest BCUT2D eigenvalue weighted by molar-refractivity contribution is 0.330. The van der Waals surface area contributed by atoms with Crippen LogP contribution in [0, 0.1) is 0 Å². The minimum absolute atomic E-state index is 0.348. The molecule has 3 N–H and O–H groups in total. The van der Waals surface area contributed by atoms with Crippen LogP contribution in [0.25, 0.3) is 0 Å². The van der Waals surface area contributed by atoms with Crippen LogP contribution in [0.5, 0.6) is 5.75 Å². The zero-order chi connectivity index (χ0) is 12.9. The zero-order valence-corrected chi connectivity index (χ0v) is 10.8. The van der Waals surface area contributed by atoms with Gasteiger partial charge in [0, 0.05) is 6.54 Å². The molecule has 1 rings (SSSR count). The van der Waals surface area contributed by atoms with Crippen LogP contribution in [-0.4, -0.2) is 26.8 Å². The van der Waals surface area contributed by atoms with Crippen LogP contribution in [-0.2, 0) is 10.0 Å². The third kappa shape index (κ3) is 3.90. The number of benzene rings is 1. The summed E-state index contributed by atoms with van der Waals surface area (Å²) in [7, 11) is -3.36. The third-order valence-corrected chi connectivity index (χ3v) is 3.88. The highest BCUT2D eigenvalue weighted by Gasteiger charge is 2.17. The molecule has 6 heteroatoms. The standard InChI is InChI=1S/C11H18N2O3S/c1-9(2)17(14,15)13-10-5-3-4-6-11(10)16-8-7-12/h3-6,9,13H,7-8,12H2,1-2H3. The predicted molar refractivity (Wildman–Crippen MR) is 68.7 cm³/mol. The number of sulfonamides is 1. The second kappa shape index (κ2) is 5.88. The molecule has 0 aliphatic rings. The first-order chi connectivity index (χ1) is 7.97. The van der Waals surface area contributed by atoms with E-state index in [9.17, 15) is 8.42 Å². The van der Waals surface area contributed by atoms with Gasteiger partial charge < -0.3 is 10.5 Å². The Balaban J connectivity index is 2.91. The van der Waals surface area contributed by atoms with Gasteiger partial charge in [-0.2, -0.15) is 0 Å². The summed E-state index contributed by atoms with van der Waals surface area (Å²) in [6.07, 6.45) is 0. The van der Waals surface area contributed by atoms with Crippen LogP contribution in [0.1, 0.15) is 13.8 Å². The first-order valence-electron chi connectivity index (χ1n) is 5.41. The molecule has 96 valence electrons. The minimum atomic E-state index is -3.36. The van der Waals surface area contributed by atoms with E-state index in [-0.39, 0.29) is 0 Å². The summed E-state index contributed by atoms with van der Waals surface area (Å²) in [5.41, 5.74) is 5.78. The van der Waals surface area contributed by atoms with Crippen LogP contribution in [0.15, 0.2) is 24.3 Å². The second-order valence-electron chi connectivity index (χ2n) is 3.83. The Morgan fingerprint density at radius 2 is 2.00 bits per heavy atom. The fourth-order valence-corrected chi connectivity index (χ4v) is 1.83. The number of nitrogens with one attached hydrogen (secondary N) is 1. The first kappa shape index (κ1) is 13.8. The highest BCUT2D eigenvalue weighted by molar-refractivity contribution is 7.93. The maximum absolute atomic E-state index is 11.7. The van der Waals surface area contributed by atoms with Crippen molar-refractivity contribution in [1.82, 2.24) is 0 Å². The van der Waals surface area contributed by atoms with Gasteiger partial charge in [0.15, 0.2) is 0 Å². The highest BCUT2D eigenvalue weighted by Crippen LogP contribution is 2.25. The molecule has 0 aliphatic carbocycles. The van der Waals surface area contributed by atoms with E-state index in [0.717, 1.165) is 0 Å². The molecular weight excluding hydrogens is 240 g/mol. The van der Waals surface area contributed by atoms with Crippen LogP contribution in [0.2, 0.25) is 0 Å². The summed E-state index contributed by atoms with van der Waals surface area (Å²) in [6, 6.07) is 6.88. The zero-order valence-electron chi connectivity index (χ0n) is 10.0.